The van der Waals surface area contributed by atoms with Gasteiger partial charge in [-0.15, -0.1) is 0 Å². The van der Waals surface area contributed by atoms with Crippen molar-refractivity contribution in [3.63, 3.8) is 0 Å². The number of carbonyl (C=O) groups is 1. The van der Waals surface area contributed by atoms with E-state index in [2.05, 4.69) is 0 Å². The van der Waals surface area contributed by atoms with Gasteiger partial charge < -0.3 is 10.2 Å². The third kappa shape index (κ3) is 2.98. The van der Waals surface area contributed by atoms with Gasteiger partial charge in [0, 0.05) is 5.92 Å². The van der Waals surface area contributed by atoms with Gasteiger partial charge in [0.05, 0.1) is 6.42 Å². The van der Waals surface area contributed by atoms with E-state index in [0.29, 0.717) is 0 Å². The maximum absolute atomic E-state index is 10.7. The van der Waals surface area contributed by atoms with Gasteiger partial charge in [0.2, 0.25) is 0 Å². The largest absolute Gasteiger partial charge is 0.508 e. The lowest BCUT2D eigenvalue weighted by atomic mass is 9.85. The molecule has 0 radical (unpaired) electrons. The van der Waals surface area contributed by atoms with Crippen molar-refractivity contribution in [3.8, 4) is 5.75 Å². The molecule has 0 amide bonds. The highest BCUT2D eigenvalue weighted by Crippen LogP contribution is 2.33. The summed E-state index contributed by atoms with van der Waals surface area (Å²) >= 11 is 0. The number of phenols is 1. The molecule has 3 heteroatoms. The lowest BCUT2D eigenvalue weighted by Crippen LogP contribution is -2.12. The smallest absolute Gasteiger partial charge is 0.303 e. The minimum Gasteiger partial charge on any atom is -0.508 e. The van der Waals surface area contributed by atoms with E-state index < -0.39 is 5.97 Å². The van der Waals surface area contributed by atoms with Crippen molar-refractivity contribution in [2.24, 2.45) is 5.92 Å². The lowest BCUT2D eigenvalue weighted by molar-refractivity contribution is -0.137. The first-order valence-corrected chi connectivity index (χ1v) is 5.02. The van der Waals surface area contributed by atoms with Crippen LogP contribution >= 0.6 is 0 Å². The summed E-state index contributed by atoms with van der Waals surface area (Å²) < 4.78 is 0. The molecule has 15 heavy (non-hydrogen) atoms. The summed E-state index contributed by atoms with van der Waals surface area (Å²) in [6, 6.07) is 6.92. The van der Waals surface area contributed by atoms with Crippen molar-refractivity contribution in [2.75, 3.05) is 0 Å². The van der Waals surface area contributed by atoms with Crippen LogP contribution in [-0.2, 0) is 4.79 Å². The molecule has 0 saturated heterocycles. The molecule has 1 atom stereocenters. The van der Waals surface area contributed by atoms with Crippen LogP contribution in [0.4, 0.5) is 0 Å². The Bertz CT molecular complexity index is 344. The van der Waals surface area contributed by atoms with E-state index in [1.54, 1.807) is 18.2 Å². The molecule has 2 N–H and O–H groups in total. The van der Waals surface area contributed by atoms with Crippen LogP contribution in [0.1, 0.15) is 31.7 Å². The SMILES string of the molecule is CC(C)C(CC(=O)O)c1ccccc1O. The van der Waals surface area contributed by atoms with Crippen LogP contribution in [0.5, 0.6) is 5.75 Å². The summed E-state index contributed by atoms with van der Waals surface area (Å²) in [5.74, 6) is -0.604. The molecule has 0 aliphatic rings. The third-order valence-electron chi connectivity index (χ3n) is 2.54. The maximum atomic E-state index is 10.7. The van der Waals surface area contributed by atoms with Crippen molar-refractivity contribution in [3.05, 3.63) is 29.8 Å². The number of benzene rings is 1. The number of aliphatic carboxylic acids is 1. The van der Waals surface area contributed by atoms with Crippen LogP contribution in [0, 0.1) is 5.92 Å². The summed E-state index contributed by atoms with van der Waals surface area (Å²) in [5.41, 5.74) is 0.718. The van der Waals surface area contributed by atoms with Crippen molar-refractivity contribution >= 4 is 5.97 Å². The fourth-order valence-electron chi connectivity index (χ4n) is 1.69. The van der Waals surface area contributed by atoms with Crippen molar-refractivity contribution in [1.82, 2.24) is 0 Å². The molecule has 1 aromatic rings. The summed E-state index contributed by atoms with van der Waals surface area (Å²) in [6.07, 6.45) is 0.0508. The van der Waals surface area contributed by atoms with Gasteiger partial charge in [-0.05, 0) is 17.5 Å². The van der Waals surface area contributed by atoms with Crippen molar-refractivity contribution in [1.29, 1.82) is 0 Å². The zero-order chi connectivity index (χ0) is 11.4. The van der Waals surface area contributed by atoms with Crippen LogP contribution in [0.25, 0.3) is 0 Å². The van der Waals surface area contributed by atoms with Gasteiger partial charge in [0.25, 0.3) is 0 Å². The number of carboxylic acid groups (broad SMARTS) is 1. The molecular formula is C12H16O3. The molecule has 1 rings (SSSR count). The number of carboxylic acids is 1. The van der Waals surface area contributed by atoms with E-state index in [-0.39, 0.29) is 24.0 Å². The molecule has 0 aromatic heterocycles. The van der Waals surface area contributed by atoms with E-state index in [1.165, 1.54) is 0 Å². The minimum atomic E-state index is -0.836. The Morgan fingerprint density at radius 1 is 1.33 bits per heavy atom. The standard InChI is InChI=1S/C12H16O3/c1-8(2)10(7-12(14)15)9-5-3-4-6-11(9)13/h3-6,8,10,13H,7H2,1-2H3,(H,14,15). The van der Waals surface area contributed by atoms with E-state index in [9.17, 15) is 9.90 Å². The van der Waals surface area contributed by atoms with E-state index >= 15 is 0 Å². The molecule has 0 fully saturated rings. The molecule has 1 unspecified atom stereocenters. The zero-order valence-corrected chi connectivity index (χ0v) is 8.97. The van der Waals surface area contributed by atoms with Crippen LogP contribution in [0.2, 0.25) is 0 Å². The van der Waals surface area contributed by atoms with Crippen molar-refractivity contribution in [2.45, 2.75) is 26.2 Å². The second-order valence-corrected chi connectivity index (χ2v) is 4.01. The van der Waals surface area contributed by atoms with E-state index in [4.69, 9.17) is 5.11 Å². The molecule has 0 heterocycles. The number of aromatic hydroxyl groups is 1. The molecule has 0 spiro atoms. The van der Waals surface area contributed by atoms with Crippen molar-refractivity contribution < 1.29 is 15.0 Å². The second kappa shape index (κ2) is 4.82. The molecule has 82 valence electrons. The zero-order valence-electron chi connectivity index (χ0n) is 8.97. The van der Waals surface area contributed by atoms with E-state index in [0.717, 1.165) is 5.56 Å². The first-order valence-electron chi connectivity index (χ1n) is 5.02. The number of phenolic OH excluding ortho intramolecular Hbond substituents is 1. The quantitative estimate of drug-likeness (QED) is 0.799. The molecular weight excluding hydrogens is 192 g/mol. The highest BCUT2D eigenvalue weighted by atomic mass is 16.4. The first-order chi connectivity index (χ1) is 7.02. The molecule has 1 aromatic carbocycles. The Morgan fingerprint density at radius 3 is 2.40 bits per heavy atom. The third-order valence-corrected chi connectivity index (χ3v) is 2.54. The van der Waals surface area contributed by atoms with Gasteiger partial charge >= 0.3 is 5.97 Å². The summed E-state index contributed by atoms with van der Waals surface area (Å²) in [7, 11) is 0. The normalized spacial score (nSPS) is 12.7. The van der Waals surface area contributed by atoms with Crippen LogP contribution in [0.3, 0.4) is 0 Å². The molecule has 0 aliphatic heterocycles. The topological polar surface area (TPSA) is 57.5 Å². The van der Waals surface area contributed by atoms with E-state index in [1.807, 2.05) is 19.9 Å². The highest BCUT2D eigenvalue weighted by Gasteiger charge is 2.21. The predicted octanol–water partition coefficient (Wildman–Crippen LogP) is 2.61. The minimum absolute atomic E-state index is 0.0508. The molecule has 0 saturated carbocycles. The monoisotopic (exact) mass is 208 g/mol. The fourth-order valence-corrected chi connectivity index (χ4v) is 1.69. The summed E-state index contributed by atoms with van der Waals surface area (Å²) in [6.45, 7) is 3.92. The van der Waals surface area contributed by atoms with Gasteiger partial charge in [-0.25, -0.2) is 0 Å². The average Bonchev–Trinajstić information content (AvgIpc) is 2.15. The Labute approximate surface area is 89.4 Å². The number of para-hydroxylation sites is 1. The second-order valence-electron chi connectivity index (χ2n) is 4.01. The Balaban J connectivity index is 2.99. The van der Waals surface area contributed by atoms with Crippen LogP contribution in [0.15, 0.2) is 24.3 Å². The fraction of sp³-hybridized carbons (Fsp3) is 0.417. The molecule has 3 nitrogen and oxygen atoms in total. The van der Waals surface area contributed by atoms with Gasteiger partial charge in [-0.3, -0.25) is 4.79 Å². The number of rotatable bonds is 4. The summed E-state index contributed by atoms with van der Waals surface area (Å²) in [5, 5.41) is 18.5. The number of hydrogen-bond donors (Lipinski definition) is 2. The number of hydrogen-bond acceptors (Lipinski definition) is 2. The Kier molecular flexibility index (Phi) is 3.72. The average molecular weight is 208 g/mol. The Hall–Kier alpha value is -1.51. The highest BCUT2D eigenvalue weighted by molar-refractivity contribution is 5.68. The lowest BCUT2D eigenvalue weighted by Gasteiger charge is -2.20. The molecule has 0 bridgehead atoms. The van der Waals surface area contributed by atoms with Gasteiger partial charge in [0.15, 0.2) is 0 Å². The van der Waals surface area contributed by atoms with Crippen LogP contribution in [-0.4, -0.2) is 16.2 Å². The maximum Gasteiger partial charge on any atom is 0.303 e. The van der Waals surface area contributed by atoms with Crippen LogP contribution < -0.4 is 0 Å². The predicted molar refractivity (Wildman–Crippen MR) is 57.9 cm³/mol. The Morgan fingerprint density at radius 2 is 1.93 bits per heavy atom. The van der Waals surface area contributed by atoms with Gasteiger partial charge in [0.1, 0.15) is 5.75 Å². The summed E-state index contributed by atoms with van der Waals surface area (Å²) in [4.78, 5) is 10.7. The first kappa shape index (κ1) is 11.6. The van der Waals surface area contributed by atoms with Gasteiger partial charge in [-0.2, -0.15) is 0 Å². The molecule has 0 aliphatic carbocycles. The van der Waals surface area contributed by atoms with Gasteiger partial charge in [-0.1, -0.05) is 32.0 Å².